The van der Waals surface area contributed by atoms with Gasteiger partial charge in [-0.1, -0.05) is 112 Å². The van der Waals surface area contributed by atoms with Crippen LogP contribution in [0, 0.1) is 29.6 Å². The summed E-state index contributed by atoms with van der Waals surface area (Å²) in [4.78, 5) is 227. The quantitative estimate of drug-likeness (QED) is 0.0102. The van der Waals surface area contributed by atoms with E-state index in [9.17, 15) is 102 Å². The maximum atomic E-state index is 15.1. The van der Waals surface area contributed by atoms with E-state index >= 15 is 4.79 Å². The van der Waals surface area contributed by atoms with E-state index in [-0.39, 0.29) is 136 Å². The van der Waals surface area contributed by atoms with Gasteiger partial charge in [-0.25, -0.2) is 24.2 Å². The molecule has 11 atom stereocenters. The number of esters is 3. The fourth-order valence-corrected chi connectivity index (χ4v) is 15.8. The standard InChI is InChI=1S/C80H115N11O26S3/c1-9-16-70(103)116-45-91(76(108)56(47(5)10-2)38-64(95)61-18-12-14-30-90(61)8)62(46(3)4)40-65(117-49(7)92)75-88-59(43-118-75)74(107)85-54(34-50-24-26-55(93)27-25-50)33-48(6)72(105)83-42-71(104)115-31-32-119-120-44-60(78(111)112)87-73(106)53(37-68(99)100)36-63(94)58(39-69(101)102)86-66(96)35-51-20-22-52(23-21-51)41-84-79(113)81-28-13-11-17-57(77(109)110)89-80(114)82-29-15-19-67(97)98/h20-27,43,46-48,53-54,56-58,60-62,65,93H,9-19,28-42,44-45H2,1-8H3,(H,83,105)(H,85,107)(H,86,96)(H,87,106)(H,97,98)(H,99,100)(H,101,102)(H,109,110)(H,111,112)(H2,81,84,113)(H2,82,89,114)/t47?,48-,53-,54+,56-,57-,58-,60-,61+,62?,65+/m0/s1. The number of aromatic hydroxyl groups is 1. The first-order valence-electron chi connectivity index (χ1n) is 39.8. The Bertz CT molecular complexity index is 3950. The lowest BCUT2D eigenvalue weighted by Gasteiger charge is -2.39. The molecular formula is C80H115N11O26S3. The molecule has 2 unspecified atom stereocenters. The molecule has 2 heterocycles. The van der Waals surface area contributed by atoms with Crippen molar-refractivity contribution in [1.82, 2.24) is 57.3 Å². The first-order chi connectivity index (χ1) is 56.9. The number of nitrogens with zero attached hydrogens (tertiary/aromatic N) is 3. The molecule has 1 aliphatic rings. The number of carboxylic acids is 5. The highest BCUT2D eigenvalue weighted by atomic mass is 33.1. The molecule has 0 saturated carbocycles. The normalized spacial score (nSPS) is 15.1. The van der Waals surface area contributed by atoms with Crippen LogP contribution in [-0.2, 0) is 101 Å². The maximum Gasteiger partial charge on any atom is 0.327 e. The summed E-state index contributed by atoms with van der Waals surface area (Å²) in [5, 5.41) is 79.3. The van der Waals surface area contributed by atoms with Crippen LogP contribution in [0.1, 0.15) is 196 Å². The third-order valence-corrected chi connectivity index (χ3v) is 23.0. The number of piperidine rings is 1. The molecule has 9 amide bonds. The number of aromatic nitrogens is 1. The number of carbonyl (C=O) groups excluding carboxylic acids is 12. The van der Waals surface area contributed by atoms with Crippen LogP contribution >= 0.6 is 32.9 Å². The number of benzene rings is 2. The van der Waals surface area contributed by atoms with Crippen molar-refractivity contribution in [3.63, 3.8) is 0 Å². The lowest BCUT2D eigenvalue weighted by molar-refractivity contribution is -0.162. The van der Waals surface area contributed by atoms with Crippen LogP contribution in [0.4, 0.5) is 9.59 Å². The lowest BCUT2D eigenvalue weighted by atomic mass is 9.82. The molecular weight excluding hydrogens is 1630 g/mol. The average molecular weight is 1740 g/mol. The summed E-state index contributed by atoms with van der Waals surface area (Å²) in [7, 11) is 3.85. The van der Waals surface area contributed by atoms with Crippen LogP contribution in [0.3, 0.4) is 0 Å². The van der Waals surface area contributed by atoms with E-state index in [1.165, 1.54) is 41.5 Å². The molecule has 120 heavy (non-hydrogen) atoms. The van der Waals surface area contributed by atoms with Gasteiger partial charge in [0.2, 0.25) is 23.6 Å². The van der Waals surface area contributed by atoms with Gasteiger partial charge in [0.15, 0.2) is 24.4 Å². The number of hydrogen-bond acceptors (Lipinski definition) is 26. The SMILES string of the molecule is CCCC(=O)OCN(C(=O)[C@@H](CC(=O)[C@H]1CCCCN1C)C(C)CC)C(C[C@@H](OC(C)=O)c1nc(C(=O)N[C@@H](Cc2ccc(O)cc2)C[C@H](C)C(=O)NCC(=O)OCCSSC[C@H](NC(=O)[C@H](CC(=O)O)CC(=O)[C@H](CC(=O)O)NC(=O)Cc2ccc(CNC(=O)NCCCC[C@H](NC(=O)NCCCC(=O)O)C(=O)O)cc2)C(=O)O)cs1)C(C)C. The van der Waals surface area contributed by atoms with E-state index in [1.54, 1.807) is 31.2 Å². The Morgan fingerprint density at radius 1 is 0.658 bits per heavy atom. The van der Waals surface area contributed by atoms with Gasteiger partial charge in [0, 0.05) is 99.5 Å². The molecule has 1 aliphatic heterocycles. The summed E-state index contributed by atoms with van der Waals surface area (Å²) in [6.45, 7) is 11.9. The zero-order valence-electron chi connectivity index (χ0n) is 68.8. The minimum absolute atomic E-state index is 0.0117. The second-order valence-corrected chi connectivity index (χ2v) is 33.3. The number of likely N-dealkylation sites (tertiary alicyclic amines) is 1. The van der Waals surface area contributed by atoms with E-state index in [0.717, 1.165) is 52.3 Å². The first-order valence-corrected chi connectivity index (χ1v) is 43.2. The number of aliphatic carboxylic acids is 5. The Labute approximate surface area is 708 Å². The van der Waals surface area contributed by atoms with E-state index in [4.69, 9.17) is 19.3 Å². The molecule has 3 aromatic rings. The third-order valence-electron chi connectivity index (χ3n) is 19.7. The van der Waals surface area contributed by atoms with Crippen molar-refractivity contribution < 1.29 is 126 Å². The number of amides is 9. The molecule has 1 fully saturated rings. The Balaban J connectivity index is 1.29. The lowest BCUT2D eigenvalue weighted by Crippen LogP contribution is -2.50. The molecule has 664 valence electrons. The number of hydrogen-bond donors (Lipinski definition) is 14. The van der Waals surface area contributed by atoms with Crippen LogP contribution in [-0.4, -0.2) is 241 Å². The third kappa shape index (κ3) is 38.7. The molecule has 0 spiro atoms. The van der Waals surface area contributed by atoms with Crippen molar-refractivity contribution in [2.45, 2.75) is 219 Å². The Morgan fingerprint density at radius 2 is 1.32 bits per heavy atom. The fraction of sp³-hybridized carbons (Fsp3) is 0.600. The molecule has 1 aromatic heterocycles. The topological polar surface area (TPSA) is 555 Å². The van der Waals surface area contributed by atoms with Gasteiger partial charge in [-0.3, -0.25) is 67.2 Å². The van der Waals surface area contributed by atoms with Crippen molar-refractivity contribution in [2.75, 3.05) is 58.1 Å². The van der Waals surface area contributed by atoms with Crippen molar-refractivity contribution in [3.8, 4) is 5.75 Å². The van der Waals surface area contributed by atoms with Gasteiger partial charge < -0.3 is 92.3 Å². The summed E-state index contributed by atoms with van der Waals surface area (Å²) in [6.07, 6.45) is 0.112. The smallest absolute Gasteiger partial charge is 0.327 e. The van der Waals surface area contributed by atoms with Crippen LogP contribution < -0.4 is 42.5 Å². The van der Waals surface area contributed by atoms with Gasteiger partial charge in [0.25, 0.3) is 5.91 Å². The summed E-state index contributed by atoms with van der Waals surface area (Å²) >= 11 is 1.03. The maximum absolute atomic E-state index is 15.1. The van der Waals surface area contributed by atoms with Gasteiger partial charge in [0.1, 0.15) is 41.7 Å². The van der Waals surface area contributed by atoms with Crippen LogP contribution in [0.15, 0.2) is 53.9 Å². The van der Waals surface area contributed by atoms with Crippen LogP contribution in [0.25, 0.3) is 0 Å². The largest absolute Gasteiger partial charge is 0.508 e. The molecule has 0 aliphatic carbocycles. The molecule has 2 aromatic carbocycles. The Kier molecular flexibility index (Phi) is 45.8. The molecule has 0 bridgehead atoms. The minimum Gasteiger partial charge on any atom is -0.508 e. The van der Waals surface area contributed by atoms with Gasteiger partial charge >= 0.3 is 59.8 Å². The number of likely N-dealkylation sites (N-methyl/N-ethyl adjacent to an activating group) is 1. The van der Waals surface area contributed by atoms with E-state index in [2.05, 4.69) is 47.5 Å². The highest BCUT2D eigenvalue weighted by molar-refractivity contribution is 8.76. The number of carboxylic acid groups (broad SMARTS) is 5. The van der Waals surface area contributed by atoms with Crippen molar-refractivity contribution in [3.05, 3.63) is 81.3 Å². The summed E-state index contributed by atoms with van der Waals surface area (Å²) in [5.74, 6) is -18.0. The molecule has 1 saturated heterocycles. The van der Waals surface area contributed by atoms with E-state index in [0.29, 0.717) is 48.8 Å². The summed E-state index contributed by atoms with van der Waals surface area (Å²) < 4.78 is 16.9. The molecule has 0 radical (unpaired) electrons. The van der Waals surface area contributed by atoms with Crippen molar-refractivity contribution >= 4 is 134 Å². The van der Waals surface area contributed by atoms with E-state index in [1.807, 2.05) is 46.6 Å². The number of Topliss-reactive ketones (excluding diaryl/α,β-unsaturated/α-hetero) is 2. The van der Waals surface area contributed by atoms with Crippen molar-refractivity contribution in [1.29, 1.82) is 0 Å². The Morgan fingerprint density at radius 3 is 1.94 bits per heavy atom. The second-order valence-electron chi connectivity index (χ2n) is 29.8. The predicted octanol–water partition coefficient (Wildman–Crippen LogP) is 5.92. The number of thiazole rings is 1. The van der Waals surface area contributed by atoms with Gasteiger partial charge in [-0.2, -0.15) is 0 Å². The number of ether oxygens (including phenoxy) is 3. The highest BCUT2D eigenvalue weighted by Gasteiger charge is 2.41. The first kappa shape index (κ1) is 102. The zero-order valence-corrected chi connectivity index (χ0v) is 71.3. The van der Waals surface area contributed by atoms with Gasteiger partial charge in [0.05, 0.1) is 37.3 Å². The van der Waals surface area contributed by atoms with Crippen molar-refractivity contribution in [2.24, 2.45) is 29.6 Å². The number of urea groups is 2. The zero-order chi connectivity index (χ0) is 89.1. The Hall–Kier alpha value is -10.5. The number of unbranched alkanes of at least 4 members (excludes halogenated alkanes) is 1. The molecule has 4 rings (SSSR count). The highest BCUT2D eigenvalue weighted by Crippen LogP contribution is 2.34. The number of ketones is 2. The number of phenolic OH excluding ortho intramolecular Hbond substituents is 1. The van der Waals surface area contributed by atoms with Crippen LogP contribution in [0.5, 0.6) is 5.75 Å². The monoisotopic (exact) mass is 1740 g/mol. The minimum atomic E-state index is -1.75. The summed E-state index contributed by atoms with van der Waals surface area (Å²) in [6, 6.07) is 4.57. The number of phenols is 1. The number of nitrogens with one attached hydrogen (secondary N) is 8. The van der Waals surface area contributed by atoms with Crippen LogP contribution in [0.2, 0.25) is 0 Å². The number of rotatable bonds is 57. The molecule has 14 N–H and O–H groups in total. The average Bonchev–Trinajstić information content (AvgIpc) is 1.34. The van der Waals surface area contributed by atoms with Gasteiger partial charge in [-0.05, 0) is 112 Å². The molecule has 40 heteroatoms. The molecule has 37 nitrogen and oxygen atoms in total. The predicted molar refractivity (Wildman–Crippen MR) is 439 cm³/mol. The van der Waals surface area contributed by atoms with E-state index < -0.39 is 182 Å². The number of carbonyl (C=O) groups is 17. The second kappa shape index (κ2) is 53.9. The fourth-order valence-electron chi connectivity index (χ4n) is 12.9. The summed E-state index contributed by atoms with van der Waals surface area (Å²) in [5.41, 5.74) is 1.58. The van der Waals surface area contributed by atoms with Gasteiger partial charge in [-0.15, -0.1) is 11.3 Å².